The van der Waals surface area contributed by atoms with Crippen molar-refractivity contribution in [3.63, 3.8) is 0 Å². The van der Waals surface area contributed by atoms with Crippen LogP contribution >= 0.6 is 0 Å². The van der Waals surface area contributed by atoms with Crippen LogP contribution in [-0.2, 0) is 6.54 Å². The Morgan fingerprint density at radius 2 is 1.62 bits per heavy atom. The van der Waals surface area contributed by atoms with Crippen molar-refractivity contribution >= 4 is 17.4 Å². The number of nitrogens with one attached hydrogen (secondary N) is 2. The van der Waals surface area contributed by atoms with Crippen molar-refractivity contribution in [2.75, 3.05) is 32.0 Å². The van der Waals surface area contributed by atoms with E-state index in [9.17, 15) is 4.79 Å². The monoisotopic (exact) mass is 394 g/mol. The van der Waals surface area contributed by atoms with Gasteiger partial charge in [-0.15, -0.1) is 10.2 Å². The number of hydrogen-bond acceptors (Lipinski definition) is 7. The van der Waals surface area contributed by atoms with E-state index >= 15 is 0 Å². The summed E-state index contributed by atoms with van der Waals surface area (Å²) in [5.74, 6) is 2.26. The number of anilines is 2. The molecule has 0 atom stereocenters. The summed E-state index contributed by atoms with van der Waals surface area (Å²) in [4.78, 5) is 12.3. The van der Waals surface area contributed by atoms with E-state index in [0.717, 1.165) is 5.56 Å². The normalized spacial score (nSPS) is 10.2. The lowest BCUT2D eigenvalue weighted by Crippen LogP contribution is -2.14. The van der Waals surface area contributed by atoms with Crippen LogP contribution in [0.25, 0.3) is 0 Å². The van der Waals surface area contributed by atoms with E-state index in [1.165, 1.54) is 0 Å². The Morgan fingerprint density at radius 1 is 0.862 bits per heavy atom. The zero-order chi connectivity index (χ0) is 20.6. The molecule has 0 unspecified atom stereocenters. The Balaban J connectivity index is 1.58. The van der Waals surface area contributed by atoms with Gasteiger partial charge in [0, 0.05) is 12.2 Å². The van der Waals surface area contributed by atoms with Gasteiger partial charge in [0.15, 0.2) is 17.2 Å². The third-order valence-electron chi connectivity index (χ3n) is 4.17. The van der Waals surface area contributed by atoms with Crippen molar-refractivity contribution in [3.8, 4) is 17.2 Å². The molecule has 0 spiro atoms. The molecule has 8 heteroatoms. The van der Waals surface area contributed by atoms with Crippen LogP contribution in [0.4, 0.5) is 11.5 Å². The second-order valence-corrected chi connectivity index (χ2v) is 6.03. The van der Waals surface area contributed by atoms with Gasteiger partial charge in [-0.05, 0) is 54.1 Å². The standard InChI is InChI=1S/C21H22N4O4/c1-27-16-7-5-15(6-8-16)23-21(26)17-9-11-20(25-24-17)22-13-14-4-10-18(28-2)19(12-14)29-3/h4-12H,13H2,1-3H3,(H,22,25)(H,23,26). The van der Waals surface area contributed by atoms with Crippen molar-refractivity contribution in [3.05, 3.63) is 65.9 Å². The number of rotatable bonds is 8. The molecular weight excluding hydrogens is 372 g/mol. The zero-order valence-electron chi connectivity index (χ0n) is 16.4. The molecule has 0 bridgehead atoms. The number of hydrogen-bond donors (Lipinski definition) is 2. The number of methoxy groups -OCH3 is 3. The van der Waals surface area contributed by atoms with Gasteiger partial charge in [-0.1, -0.05) is 6.07 Å². The maximum Gasteiger partial charge on any atom is 0.276 e. The van der Waals surface area contributed by atoms with Gasteiger partial charge in [0.1, 0.15) is 11.6 Å². The van der Waals surface area contributed by atoms with E-state index in [1.807, 2.05) is 18.2 Å². The van der Waals surface area contributed by atoms with Crippen LogP contribution in [0.3, 0.4) is 0 Å². The number of nitrogens with zero attached hydrogens (tertiary/aromatic N) is 2. The molecule has 1 heterocycles. The second-order valence-electron chi connectivity index (χ2n) is 6.03. The molecule has 0 aliphatic heterocycles. The average molecular weight is 394 g/mol. The van der Waals surface area contributed by atoms with Gasteiger partial charge < -0.3 is 24.8 Å². The second kappa shape index (κ2) is 9.41. The summed E-state index contributed by atoms with van der Waals surface area (Å²) in [5, 5.41) is 14.0. The molecule has 2 N–H and O–H groups in total. The molecule has 0 radical (unpaired) electrons. The van der Waals surface area contributed by atoms with Gasteiger partial charge >= 0.3 is 0 Å². The summed E-state index contributed by atoms with van der Waals surface area (Å²) >= 11 is 0. The van der Waals surface area contributed by atoms with Gasteiger partial charge in [-0.25, -0.2) is 0 Å². The first-order valence-corrected chi connectivity index (χ1v) is 8.87. The summed E-state index contributed by atoms with van der Waals surface area (Å²) in [5.41, 5.74) is 1.86. The van der Waals surface area contributed by atoms with Gasteiger partial charge in [0.25, 0.3) is 5.91 Å². The average Bonchev–Trinajstić information content (AvgIpc) is 2.78. The highest BCUT2D eigenvalue weighted by Crippen LogP contribution is 2.27. The number of ether oxygens (including phenoxy) is 3. The molecule has 0 saturated carbocycles. The minimum atomic E-state index is -0.339. The molecule has 0 aliphatic rings. The first kappa shape index (κ1) is 19.9. The minimum absolute atomic E-state index is 0.220. The lowest BCUT2D eigenvalue weighted by molar-refractivity contribution is 0.102. The Morgan fingerprint density at radius 3 is 2.24 bits per heavy atom. The smallest absolute Gasteiger partial charge is 0.276 e. The number of benzene rings is 2. The minimum Gasteiger partial charge on any atom is -0.497 e. The number of amides is 1. The van der Waals surface area contributed by atoms with E-state index in [1.54, 1.807) is 57.7 Å². The molecule has 1 amide bonds. The van der Waals surface area contributed by atoms with Crippen molar-refractivity contribution < 1.29 is 19.0 Å². The fourth-order valence-electron chi connectivity index (χ4n) is 2.60. The fourth-order valence-corrected chi connectivity index (χ4v) is 2.60. The molecule has 0 saturated heterocycles. The van der Waals surface area contributed by atoms with Crippen molar-refractivity contribution in [1.82, 2.24) is 10.2 Å². The van der Waals surface area contributed by atoms with Crippen molar-refractivity contribution in [2.24, 2.45) is 0 Å². The molecule has 0 aliphatic carbocycles. The maximum atomic E-state index is 12.3. The topological polar surface area (TPSA) is 94.6 Å². The zero-order valence-corrected chi connectivity index (χ0v) is 16.4. The SMILES string of the molecule is COc1ccc(NC(=O)c2ccc(NCc3ccc(OC)c(OC)c3)nn2)cc1. The quantitative estimate of drug-likeness (QED) is 0.605. The van der Waals surface area contributed by atoms with E-state index in [-0.39, 0.29) is 11.6 Å². The molecule has 0 fully saturated rings. The van der Waals surface area contributed by atoms with Crippen LogP contribution in [0.1, 0.15) is 16.1 Å². The van der Waals surface area contributed by atoms with Crippen LogP contribution < -0.4 is 24.8 Å². The predicted molar refractivity (Wildman–Crippen MR) is 110 cm³/mol. The molecule has 150 valence electrons. The number of aromatic nitrogens is 2. The van der Waals surface area contributed by atoms with Crippen LogP contribution in [-0.4, -0.2) is 37.4 Å². The number of carbonyl (C=O) groups is 1. The highest BCUT2D eigenvalue weighted by Gasteiger charge is 2.09. The van der Waals surface area contributed by atoms with Crippen LogP contribution in [0.2, 0.25) is 0 Å². The molecular formula is C21H22N4O4. The summed E-state index contributed by atoms with van der Waals surface area (Å²) < 4.78 is 15.6. The Labute approximate surface area is 168 Å². The first-order chi connectivity index (χ1) is 14.1. The highest BCUT2D eigenvalue weighted by atomic mass is 16.5. The van der Waals surface area contributed by atoms with Crippen LogP contribution in [0.5, 0.6) is 17.2 Å². The fraction of sp³-hybridized carbons (Fsp3) is 0.190. The molecule has 8 nitrogen and oxygen atoms in total. The van der Waals surface area contributed by atoms with Crippen molar-refractivity contribution in [1.29, 1.82) is 0 Å². The maximum absolute atomic E-state index is 12.3. The van der Waals surface area contributed by atoms with E-state index < -0.39 is 0 Å². The summed E-state index contributed by atoms with van der Waals surface area (Å²) in [6.07, 6.45) is 0. The third-order valence-corrected chi connectivity index (χ3v) is 4.17. The molecule has 29 heavy (non-hydrogen) atoms. The largest absolute Gasteiger partial charge is 0.497 e. The van der Waals surface area contributed by atoms with Crippen LogP contribution in [0.15, 0.2) is 54.6 Å². The lowest BCUT2D eigenvalue weighted by atomic mass is 10.2. The van der Waals surface area contributed by atoms with Gasteiger partial charge in [0.05, 0.1) is 21.3 Å². The van der Waals surface area contributed by atoms with Gasteiger partial charge in [-0.2, -0.15) is 0 Å². The summed E-state index contributed by atoms with van der Waals surface area (Å²) in [6, 6.07) is 16.0. The van der Waals surface area contributed by atoms with Crippen LogP contribution in [0, 0.1) is 0 Å². The Kier molecular flexibility index (Phi) is 6.47. The van der Waals surface area contributed by atoms with E-state index in [4.69, 9.17) is 14.2 Å². The number of carbonyl (C=O) groups excluding carboxylic acids is 1. The molecule has 3 rings (SSSR count). The predicted octanol–water partition coefficient (Wildman–Crippen LogP) is 3.37. The lowest BCUT2D eigenvalue weighted by Gasteiger charge is -2.10. The Bertz CT molecular complexity index is 959. The molecule has 1 aromatic heterocycles. The Hall–Kier alpha value is -3.81. The van der Waals surface area contributed by atoms with Gasteiger partial charge in [-0.3, -0.25) is 4.79 Å². The first-order valence-electron chi connectivity index (χ1n) is 8.87. The summed E-state index contributed by atoms with van der Waals surface area (Å²) in [6.45, 7) is 0.520. The van der Waals surface area contributed by atoms with Crippen molar-refractivity contribution in [2.45, 2.75) is 6.54 Å². The van der Waals surface area contributed by atoms with Gasteiger partial charge in [0.2, 0.25) is 0 Å². The summed E-state index contributed by atoms with van der Waals surface area (Å²) in [7, 11) is 4.78. The highest BCUT2D eigenvalue weighted by molar-refractivity contribution is 6.02. The molecule has 2 aromatic carbocycles. The van der Waals surface area contributed by atoms with E-state index in [2.05, 4.69) is 20.8 Å². The third kappa shape index (κ3) is 5.13. The van der Waals surface area contributed by atoms with E-state index in [0.29, 0.717) is 35.3 Å². The molecule has 3 aromatic rings.